The lowest BCUT2D eigenvalue weighted by molar-refractivity contribution is 0.0734. The molecule has 0 radical (unpaired) electrons. The van der Waals surface area contributed by atoms with Crippen molar-refractivity contribution >= 4 is 17.9 Å². The highest BCUT2D eigenvalue weighted by Gasteiger charge is 2.08. The smallest absolute Gasteiger partial charge is 0.343 e. The molecule has 0 aliphatic heterocycles. The molecule has 0 aromatic heterocycles. The van der Waals surface area contributed by atoms with E-state index < -0.39 is 11.8 Å². The van der Waals surface area contributed by atoms with Crippen LogP contribution in [0.5, 0.6) is 11.5 Å². The molecular weight excluding hydrogens is 357 g/mol. The van der Waals surface area contributed by atoms with E-state index in [-0.39, 0.29) is 5.75 Å². The van der Waals surface area contributed by atoms with Crippen LogP contribution in [0.4, 0.5) is 10.1 Å². The van der Waals surface area contributed by atoms with E-state index in [1.807, 2.05) is 24.3 Å². The van der Waals surface area contributed by atoms with Crippen molar-refractivity contribution in [2.45, 2.75) is 13.3 Å². The minimum Gasteiger partial charge on any atom is -0.494 e. The van der Waals surface area contributed by atoms with E-state index in [2.05, 4.69) is 11.9 Å². The number of carbonyl (C=O) groups is 1. The van der Waals surface area contributed by atoms with Gasteiger partial charge >= 0.3 is 5.97 Å². The molecule has 0 aliphatic rings. The number of esters is 1. The molecule has 0 fully saturated rings. The second-order valence-corrected chi connectivity index (χ2v) is 6.07. The first-order chi connectivity index (χ1) is 13.6. The number of ether oxygens (including phenoxy) is 2. The number of rotatable bonds is 7. The fraction of sp³-hybridized carbons (Fsp3) is 0.130. The Kier molecular flexibility index (Phi) is 6.52. The zero-order valence-corrected chi connectivity index (χ0v) is 15.5. The van der Waals surface area contributed by atoms with Crippen molar-refractivity contribution in [3.05, 3.63) is 89.7 Å². The molecule has 4 nitrogen and oxygen atoms in total. The number of hydrogen-bond acceptors (Lipinski definition) is 4. The Morgan fingerprint density at radius 2 is 1.75 bits per heavy atom. The second-order valence-electron chi connectivity index (χ2n) is 6.07. The van der Waals surface area contributed by atoms with Crippen LogP contribution in [0.3, 0.4) is 0 Å². The normalized spacial score (nSPS) is 10.8. The van der Waals surface area contributed by atoms with Crippen molar-refractivity contribution in [1.29, 1.82) is 0 Å². The van der Waals surface area contributed by atoms with Gasteiger partial charge in [-0.05, 0) is 72.6 Å². The lowest BCUT2D eigenvalue weighted by atomic mass is 10.2. The summed E-state index contributed by atoms with van der Waals surface area (Å²) in [4.78, 5) is 16.5. The van der Waals surface area contributed by atoms with E-state index in [0.717, 1.165) is 23.8 Å². The van der Waals surface area contributed by atoms with E-state index >= 15 is 0 Å². The number of benzene rings is 3. The molecule has 0 saturated heterocycles. The van der Waals surface area contributed by atoms with Crippen LogP contribution in [-0.4, -0.2) is 18.8 Å². The van der Waals surface area contributed by atoms with Gasteiger partial charge in [0.15, 0.2) is 0 Å². The van der Waals surface area contributed by atoms with Crippen molar-refractivity contribution in [3.8, 4) is 11.5 Å². The third kappa shape index (κ3) is 5.51. The maximum atomic E-state index is 13.2. The van der Waals surface area contributed by atoms with Gasteiger partial charge in [0.2, 0.25) is 0 Å². The predicted octanol–water partition coefficient (Wildman–Crippen LogP) is 5.58. The zero-order chi connectivity index (χ0) is 19.8. The fourth-order valence-corrected chi connectivity index (χ4v) is 2.40. The predicted molar refractivity (Wildman–Crippen MR) is 107 cm³/mol. The van der Waals surface area contributed by atoms with Crippen LogP contribution in [0.1, 0.15) is 29.3 Å². The molecule has 3 rings (SSSR count). The molecule has 0 atom stereocenters. The Morgan fingerprint density at radius 1 is 1.00 bits per heavy atom. The highest BCUT2D eigenvalue weighted by Crippen LogP contribution is 2.18. The lowest BCUT2D eigenvalue weighted by Crippen LogP contribution is -2.08. The Hall–Kier alpha value is -3.47. The first-order valence-corrected chi connectivity index (χ1v) is 8.99. The summed E-state index contributed by atoms with van der Waals surface area (Å²) in [5.41, 5.74) is 2.01. The fourth-order valence-electron chi connectivity index (χ4n) is 2.40. The molecule has 0 unspecified atom stereocenters. The third-order valence-corrected chi connectivity index (χ3v) is 3.83. The van der Waals surface area contributed by atoms with E-state index in [9.17, 15) is 9.18 Å². The second kappa shape index (κ2) is 9.46. The van der Waals surface area contributed by atoms with Gasteiger partial charge in [0, 0.05) is 12.3 Å². The Bertz CT molecular complexity index is 950. The number of carbonyl (C=O) groups excluding carboxylic acids is 1. The molecular formula is C23H20FNO3. The quantitative estimate of drug-likeness (QED) is 0.307. The summed E-state index contributed by atoms with van der Waals surface area (Å²) < 4.78 is 23.9. The number of hydrogen-bond donors (Lipinski definition) is 0. The van der Waals surface area contributed by atoms with E-state index in [4.69, 9.17) is 9.47 Å². The molecule has 3 aromatic rings. The first-order valence-electron chi connectivity index (χ1n) is 8.99. The molecule has 142 valence electrons. The van der Waals surface area contributed by atoms with Gasteiger partial charge in [-0.1, -0.05) is 13.0 Å². The molecule has 0 spiro atoms. The molecule has 28 heavy (non-hydrogen) atoms. The van der Waals surface area contributed by atoms with Gasteiger partial charge in [-0.3, -0.25) is 4.99 Å². The highest BCUT2D eigenvalue weighted by atomic mass is 19.1. The Labute approximate surface area is 163 Å². The molecule has 0 saturated carbocycles. The average Bonchev–Trinajstić information content (AvgIpc) is 2.72. The summed E-state index contributed by atoms with van der Waals surface area (Å²) in [6.07, 6.45) is 2.71. The Balaban J connectivity index is 1.60. The van der Waals surface area contributed by atoms with Crippen LogP contribution in [0, 0.1) is 5.82 Å². The van der Waals surface area contributed by atoms with Gasteiger partial charge < -0.3 is 9.47 Å². The van der Waals surface area contributed by atoms with Crippen LogP contribution in [0.2, 0.25) is 0 Å². The van der Waals surface area contributed by atoms with Gasteiger partial charge in [-0.2, -0.15) is 0 Å². The van der Waals surface area contributed by atoms with E-state index in [1.165, 1.54) is 18.2 Å². The zero-order valence-electron chi connectivity index (χ0n) is 15.5. The van der Waals surface area contributed by atoms with Crippen molar-refractivity contribution < 1.29 is 18.7 Å². The molecule has 5 heteroatoms. The lowest BCUT2D eigenvalue weighted by Gasteiger charge is -2.05. The standard InChI is InChI=1S/C23H20FNO3/c1-2-14-27-21-12-6-17(7-13-21)16-25-20-10-8-18(9-11-20)23(26)28-22-5-3-4-19(24)15-22/h3-13,15-16H,2,14H2,1H3. The third-order valence-electron chi connectivity index (χ3n) is 3.83. The molecule has 0 N–H and O–H groups in total. The number of nitrogens with zero attached hydrogens (tertiary/aromatic N) is 1. The SMILES string of the molecule is CCCOc1ccc(C=Nc2ccc(C(=O)Oc3cccc(F)c3)cc2)cc1. The van der Waals surface area contributed by atoms with Crippen molar-refractivity contribution in [1.82, 2.24) is 0 Å². The minimum absolute atomic E-state index is 0.165. The maximum absolute atomic E-state index is 13.2. The molecule has 0 bridgehead atoms. The molecule has 0 amide bonds. The maximum Gasteiger partial charge on any atom is 0.343 e. The molecule has 0 aliphatic carbocycles. The van der Waals surface area contributed by atoms with Crippen LogP contribution in [0.15, 0.2) is 77.8 Å². The van der Waals surface area contributed by atoms with Crippen LogP contribution < -0.4 is 9.47 Å². The van der Waals surface area contributed by atoms with Gasteiger partial charge in [0.05, 0.1) is 17.9 Å². The van der Waals surface area contributed by atoms with Crippen LogP contribution >= 0.6 is 0 Å². The van der Waals surface area contributed by atoms with Gasteiger partial charge in [0.1, 0.15) is 17.3 Å². The summed E-state index contributed by atoms with van der Waals surface area (Å²) in [5.74, 6) is -0.0117. The summed E-state index contributed by atoms with van der Waals surface area (Å²) in [7, 11) is 0. The van der Waals surface area contributed by atoms with Crippen molar-refractivity contribution in [2.24, 2.45) is 4.99 Å². The summed E-state index contributed by atoms with van der Waals surface area (Å²) in [5, 5.41) is 0. The number of halogens is 1. The Morgan fingerprint density at radius 3 is 2.43 bits per heavy atom. The monoisotopic (exact) mass is 377 g/mol. The van der Waals surface area contributed by atoms with Crippen molar-refractivity contribution in [2.75, 3.05) is 6.61 Å². The molecule has 3 aromatic carbocycles. The van der Waals surface area contributed by atoms with Crippen LogP contribution in [0.25, 0.3) is 0 Å². The summed E-state index contributed by atoms with van der Waals surface area (Å²) in [6.45, 7) is 2.76. The summed E-state index contributed by atoms with van der Waals surface area (Å²) >= 11 is 0. The number of aliphatic imine (C=N–C) groups is 1. The first kappa shape index (κ1) is 19.3. The van der Waals surface area contributed by atoms with Gasteiger partial charge in [-0.15, -0.1) is 0 Å². The molecule has 0 heterocycles. The van der Waals surface area contributed by atoms with E-state index in [1.54, 1.807) is 30.5 Å². The van der Waals surface area contributed by atoms with Crippen molar-refractivity contribution in [3.63, 3.8) is 0 Å². The average molecular weight is 377 g/mol. The topological polar surface area (TPSA) is 47.9 Å². The van der Waals surface area contributed by atoms with Gasteiger partial charge in [0.25, 0.3) is 0 Å². The van der Waals surface area contributed by atoms with E-state index in [0.29, 0.717) is 17.9 Å². The van der Waals surface area contributed by atoms with Gasteiger partial charge in [-0.25, -0.2) is 9.18 Å². The minimum atomic E-state index is -0.552. The summed E-state index contributed by atoms with van der Waals surface area (Å²) in [6, 6.07) is 19.8. The largest absolute Gasteiger partial charge is 0.494 e. The van der Waals surface area contributed by atoms with Crippen LogP contribution in [-0.2, 0) is 0 Å². The highest BCUT2D eigenvalue weighted by molar-refractivity contribution is 5.91.